The highest BCUT2D eigenvalue weighted by atomic mass is 16.5. The Kier molecular flexibility index (Phi) is 4.14. The molecule has 0 bridgehead atoms. The van der Waals surface area contributed by atoms with Crippen molar-refractivity contribution in [2.75, 3.05) is 6.61 Å². The summed E-state index contributed by atoms with van der Waals surface area (Å²) in [7, 11) is 0. The molecule has 0 spiro atoms. The molecule has 0 aromatic heterocycles. The summed E-state index contributed by atoms with van der Waals surface area (Å²) in [6.45, 7) is 10.0. The first-order valence-electron chi connectivity index (χ1n) is 5.84. The molecule has 1 aliphatic carbocycles. The molecule has 3 nitrogen and oxygen atoms in total. The van der Waals surface area contributed by atoms with Gasteiger partial charge in [-0.15, -0.1) is 0 Å². The first-order chi connectivity index (χ1) is 7.35. The van der Waals surface area contributed by atoms with Gasteiger partial charge in [-0.25, -0.2) is 0 Å². The molecule has 0 heterocycles. The summed E-state index contributed by atoms with van der Waals surface area (Å²) in [5, 5.41) is 9.98. The van der Waals surface area contributed by atoms with Crippen LogP contribution in [0, 0.1) is 11.3 Å². The van der Waals surface area contributed by atoms with Crippen molar-refractivity contribution in [3.8, 4) is 0 Å². The number of hydrogen-bond donors (Lipinski definition) is 1. The van der Waals surface area contributed by atoms with E-state index in [1.54, 1.807) is 0 Å². The first-order valence-corrected chi connectivity index (χ1v) is 5.84. The number of aliphatic hydroxyl groups excluding tert-OH is 1. The lowest BCUT2D eigenvalue weighted by Gasteiger charge is -2.44. The van der Waals surface area contributed by atoms with E-state index >= 15 is 0 Å². The topological polar surface area (TPSA) is 46.5 Å². The lowest BCUT2D eigenvalue weighted by atomic mass is 9.64. The van der Waals surface area contributed by atoms with E-state index in [0.29, 0.717) is 6.61 Å². The zero-order valence-electron chi connectivity index (χ0n) is 10.5. The third kappa shape index (κ3) is 2.85. The van der Waals surface area contributed by atoms with Crippen LogP contribution in [0.4, 0.5) is 0 Å². The highest BCUT2D eigenvalue weighted by molar-refractivity contribution is 5.65. The molecule has 0 aromatic rings. The van der Waals surface area contributed by atoms with Crippen LogP contribution in [-0.4, -0.2) is 23.8 Å². The second-order valence-electron chi connectivity index (χ2n) is 5.22. The molecule has 0 radical (unpaired) electrons. The molecule has 3 heteroatoms. The number of carbonyl (C=O) groups excluding carboxylic acids is 1. The molecular formula is C13H22O3. The van der Waals surface area contributed by atoms with Crippen LogP contribution in [-0.2, 0) is 9.53 Å². The number of aliphatic hydroxyl groups is 1. The average Bonchev–Trinajstić information content (AvgIpc) is 2.17. The second-order valence-corrected chi connectivity index (χ2v) is 5.22. The van der Waals surface area contributed by atoms with Gasteiger partial charge in [0.05, 0.1) is 12.7 Å². The minimum absolute atomic E-state index is 0.171. The Labute approximate surface area is 97.5 Å². The quantitative estimate of drug-likeness (QED) is 0.593. The number of allylic oxidation sites excluding steroid dienone is 1. The van der Waals surface area contributed by atoms with Crippen molar-refractivity contribution < 1.29 is 14.6 Å². The molecule has 0 unspecified atom stereocenters. The molecule has 0 aromatic carbocycles. The van der Waals surface area contributed by atoms with Crippen LogP contribution in [0.15, 0.2) is 12.2 Å². The van der Waals surface area contributed by atoms with Crippen molar-refractivity contribution >= 4 is 5.97 Å². The van der Waals surface area contributed by atoms with E-state index in [0.717, 1.165) is 19.3 Å². The van der Waals surface area contributed by atoms with Crippen molar-refractivity contribution in [2.45, 2.75) is 46.1 Å². The van der Waals surface area contributed by atoms with Gasteiger partial charge in [0.2, 0.25) is 0 Å². The Balaban J connectivity index is 2.59. The summed E-state index contributed by atoms with van der Waals surface area (Å²) in [5.41, 5.74) is 0.998. The fourth-order valence-corrected chi connectivity index (χ4v) is 2.52. The van der Waals surface area contributed by atoms with E-state index in [9.17, 15) is 9.90 Å². The minimum atomic E-state index is -0.291. The molecule has 16 heavy (non-hydrogen) atoms. The number of carbonyl (C=O) groups is 1. The van der Waals surface area contributed by atoms with Gasteiger partial charge in [-0.05, 0) is 30.6 Å². The third-order valence-corrected chi connectivity index (χ3v) is 3.70. The van der Waals surface area contributed by atoms with Gasteiger partial charge in [-0.2, -0.15) is 0 Å². The second kappa shape index (κ2) is 5.00. The highest BCUT2D eigenvalue weighted by Gasteiger charge is 2.40. The summed E-state index contributed by atoms with van der Waals surface area (Å²) in [6.07, 6.45) is 2.12. The summed E-state index contributed by atoms with van der Waals surface area (Å²) in [4.78, 5) is 10.7. The van der Waals surface area contributed by atoms with Crippen molar-refractivity contribution in [2.24, 2.45) is 11.3 Å². The van der Waals surface area contributed by atoms with E-state index in [2.05, 4.69) is 20.4 Å². The lowest BCUT2D eigenvalue weighted by molar-refractivity contribution is -0.141. The zero-order chi connectivity index (χ0) is 12.3. The normalized spacial score (nSPS) is 28.9. The van der Waals surface area contributed by atoms with Gasteiger partial charge in [0.15, 0.2) is 0 Å². The van der Waals surface area contributed by atoms with Crippen LogP contribution in [0.5, 0.6) is 0 Å². The molecule has 0 aliphatic heterocycles. The van der Waals surface area contributed by atoms with Gasteiger partial charge in [0.1, 0.15) is 0 Å². The third-order valence-electron chi connectivity index (χ3n) is 3.70. The molecule has 1 saturated carbocycles. The molecule has 1 aliphatic rings. The molecule has 2 atom stereocenters. The smallest absolute Gasteiger partial charge is 0.302 e. The van der Waals surface area contributed by atoms with Crippen LogP contribution in [0.25, 0.3) is 0 Å². The standard InChI is InChI=1S/C13H22O3/c1-9-5-6-12(15)13(3,4)11(9)7-8-16-10(2)14/h11-12,15H,1,5-8H2,2-4H3/t11-,12+/m0/s1. The first kappa shape index (κ1) is 13.2. The van der Waals surface area contributed by atoms with Crippen molar-refractivity contribution in [3.63, 3.8) is 0 Å². The Bertz CT molecular complexity index is 281. The predicted octanol–water partition coefficient (Wildman–Crippen LogP) is 2.29. The SMILES string of the molecule is C=C1CC[C@@H](O)C(C)(C)[C@H]1CCOC(C)=O. The number of esters is 1. The van der Waals surface area contributed by atoms with Crippen molar-refractivity contribution in [3.05, 3.63) is 12.2 Å². The predicted molar refractivity (Wildman–Crippen MR) is 62.9 cm³/mol. The summed E-state index contributed by atoms with van der Waals surface area (Å²) < 4.78 is 4.96. The van der Waals surface area contributed by atoms with Crippen LogP contribution >= 0.6 is 0 Å². The summed E-state index contributed by atoms with van der Waals surface area (Å²) in [6, 6.07) is 0. The van der Waals surface area contributed by atoms with Crippen molar-refractivity contribution in [1.82, 2.24) is 0 Å². The minimum Gasteiger partial charge on any atom is -0.466 e. The van der Waals surface area contributed by atoms with E-state index in [4.69, 9.17) is 4.74 Å². The van der Waals surface area contributed by atoms with E-state index in [1.807, 2.05) is 0 Å². The molecule has 1 rings (SSSR count). The number of rotatable bonds is 3. The van der Waals surface area contributed by atoms with Gasteiger partial charge in [0.25, 0.3) is 0 Å². The fourth-order valence-electron chi connectivity index (χ4n) is 2.52. The maximum Gasteiger partial charge on any atom is 0.302 e. The largest absolute Gasteiger partial charge is 0.466 e. The molecule has 1 fully saturated rings. The Morgan fingerprint density at radius 1 is 1.62 bits per heavy atom. The van der Waals surface area contributed by atoms with Gasteiger partial charge in [0, 0.05) is 6.92 Å². The maximum atomic E-state index is 10.7. The molecule has 0 amide bonds. The van der Waals surface area contributed by atoms with E-state index in [1.165, 1.54) is 12.5 Å². The molecule has 1 N–H and O–H groups in total. The van der Waals surface area contributed by atoms with Gasteiger partial charge in [-0.3, -0.25) is 4.79 Å². The highest BCUT2D eigenvalue weighted by Crippen LogP contribution is 2.44. The lowest BCUT2D eigenvalue weighted by Crippen LogP contribution is -2.41. The Morgan fingerprint density at radius 2 is 2.25 bits per heavy atom. The van der Waals surface area contributed by atoms with Gasteiger partial charge in [-0.1, -0.05) is 26.0 Å². The summed E-state index contributed by atoms with van der Waals surface area (Å²) in [5.74, 6) is -0.0182. The zero-order valence-corrected chi connectivity index (χ0v) is 10.5. The molecule has 92 valence electrons. The maximum absolute atomic E-state index is 10.7. The molecule has 0 saturated heterocycles. The van der Waals surface area contributed by atoms with E-state index < -0.39 is 0 Å². The Hall–Kier alpha value is -0.830. The number of hydrogen-bond acceptors (Lipinski definition) is 3. The van der Waals surface area contributed by atoms with Crippen LogP contribution < -0.4 is 0 Å². The van der Waals surface area contributed by atoms with Gasteiger partial charge < -0.3 is 9.84 Å². The fraction of sp³-hybridized carbons (Fsp3) is 0.769. The van der Waals surface area contributed by atoms with Gasteiger partial charge >= 0.3 is 5.97 Å². The van der Waals surface area contributed by atoms with Crippen LogP contribution in [0.2, 0.25) is 0 Å². The monoisotopic (exact) mass is 226 g/mol. The van der Waals surface area contributed by atoms with E-state index in [-0.39, 0.29) is 23.4 Å². The van der Waals surface area contributed by atoms with Crippen LogP contribution in [0.3, 0.4) is 0 Å². The summed E-state index contributed by atoms with van der Waals surface area (Å²) >= 11 is 0. The molecular weight excluding hydrogens is 204 g/mol. The van der Waals surface area contributed by atoms with Crippen molar-refractivity contribution in [1.29, 1.82) is 0 Å². The van der Waals surface area contributed by atoms with Crippen LogP contribution in [0.1, 0.15) is 40.0 Å². The Morgan fingerprint density at radius 3 is 2.81 bits per heavy atom. The number of ether oxygens (including phenoxy) is 1. The average molecular weight is 226 g/mol.